The summed E-state index contributed by atoms with van der Waals surface area (Å²) in [5.74, 6) is -0.484. The molecule has 0 bridgehead atoms. The van der Waals surface area contributed by atoms with E-state index in [0.717, 1.165) is 23.3 Å². The SMILES string of the molecule is CCCc1cc(C(=O)OCC(=O)Nc2cc(Cl)ccc2OC)sc1C. The van der Waals surface area contributed by atoms with Gasteiger partial charge in [-0.3, -0.25) is 4.79 Å². The lowest BCUT2D eigenvalue weighted by Crippen LogP contribution is -2.21. The summed E-state index contributed by atoms with van der Waals surface area (Å²) in [7, 11) is 1.49. The molecule has 0 unspecified atom stereocenters. The highest BCUT2D eigenvalue weighted by atomic mass is 35.5. The molecule has 0 radical (unpaired) electrons. The molecule has 0 fully saturated rings. The van der Waals surface area contributed by atoms with Gasteiger partial charge in [-0.15, -0.1) is 11.3 Å². The van der Waals surface area contributed by atoms with E-state index < -0.39 is 11.9 Å². The van der Waals surface area contributed by atoms with Crippen molar-refractivity contribution in [2.45, 2.75) is 26.7 Å². The Hall–Kier alpha value is -2.05. The maximum Gasteiger partial charge on any atom is 0.348 e. The molecule has 0 aliphatic carbocycles. The van der Waals surface area contributed by atoms with Gasteiger partial charge in [-0.05, 0) is 43.2 Å². The highest BCUT2D eigenvalue weighted by molar-refractivity contribution is 7.14. The minimum atomic E-state index is -0.497. The Labute approximate surface area is 155 Å². The van der Waals surface area contributed by atoms with Crippen LogP contribution in [0.25, 0.3) is 0 Å². The monoisotopic (exact) mass is 381 g/mol. The Bertz CT molecular complexity index is 772. The molecule has 2 rings (SSSR count). The van der Waals surface area contributed by atoms with E-state index in [9.17, 15) is 9.59 Å². The van der Waals surface area contributed by atoms with Crippen molar-refractivity contribution in [3.05, 3.63) is 44.6 Å². The van der Waals surface area contributed by atoms with Crippen molar-refractivity contribution >= 4 is 40.5 Å². The van der Waals surface area contributed by atoms with E-state index in [2.05, 4.69) is 12.2 Å². The van der Waals surface area contributed by atoms with Gasteiger partial charge in [0.05, 0.1) is 12.8 Å². The Morgan fingerprint density at radius 3 is 2.72 bits per heavy atom. The van der Waals surface area contributed by atoms with Gasteiger partial charge in [0.25, 0.3) is 5.91 Å². The predicted octanol–water partition coefficient (Wildman–Crippen LogP) is 4.47. The molecule has 0 spiro atoms. The van der Waals surface area contributed by atoms with Crippen LogP contribution < -0.4 is 10.1 Å². The van der Waals surface area contributed by atoms with Crippen LogP contribution in [-0.4, -0.2) is 25.6 Å². The zero-order chi connectivity index (χ0) is 18.4. The first-order valence-electron chi connectivity index (χ1n) is 7.84. The number of nitrogens with one attached hydrogen (secondary N) is 1. The van der Waals surface area contributed by atoms with E-state index in [0.29, 0.717) is 21.3 Å². The number of thiophene rings is 1. The number of aryl methyl sites for hydroxylation is 2. The molecule has 0 atom stereocenters. The topological polar surface area (TPSA) is 64.6 Å². The van der Waals surface area contributed by atoms with Gasteiger partial charge in [-0.2, -0.15) is 0 Å². The van der Waals surface area contributed by atoms with Crippen molar-refractivity contribution < 1.29 is 19.1 Å². The molecule has 0 saturated heterocycles. The summed E-state index contributed by atoms with van der Waals surface area (Å²) in [5.41, 5.74) is 1.57. The van der Waals surface area contributed by atoms with E-state index in [-0.39, 0.29) is 6.61 Å². The summed E-state index contributed by atoms with van der Waals surface area (Å²) in [5, 5.41) is 3.09. The molecule has 1 aromatic heterocycles. The van der Waals surface area contributed by atoms with Crippen LogP contribution in [0.3, 0.4) is 0 Å². The molecule has 5 nitrogen and oxygen atoms in total. The lowest BCUT2D eigenvalue weighted by atomic mass is 10.1. The number of carbonyl (C=O) groups is 2. The second-order valence-electron chi connectivity index (χ2n) is 5.41. The lowest BCUT2D eigenvalue weighted by molar-refractivity contribution is -0.119. The summed E-state index contributed by atoms with van der Waals surface area (Å²) in [6, 6.07) is 6.71. The van der Waals surface area contributed by atoms with Crippen molar-refractivity contribution in [1.82, 2.24) is 0 Å². The van der Waals surface area contributed by atoms with Crippen LogP contribution in [0.5, 0.6) is 5.75 Å². The fraction of sp³-hybridized carbons (Fsp3) is 0.333. The molecule has 25 heavy (non-hydrogen) atoms. The smallest absolute Gasteiger partial charge is 0.348 e. The number of rotatable bonds is 7. The Morgan fingerprint density at radius 2 is 2.04 bits per heavy atom. The van der Waals surface area contributed by atoms with Gasteiger partial charge >= 0.3 is 5.97 Å². The number of esters is 1. The first-order valence-corrected chi connectivity index (χ1v) is 9.03. The third kappa shape index (κ3) is 5.21. The summed E-state index contributed by atoms with van der Waals surface area (Å²) < 4.78 is 10.3. The molecular formula is C18H20ClNO4S. The van der Waals surface area contributed by atoms with E-state index >= 15 is 0 Å². The summed E-state index contributed by atoms with van der Waals surface area (Å²) in [4.78, 5) is 25.7. The molecule has 0 aliphatic rings. The molecule has 1 aromatic carbocycles. The van der Waals surface area contributed by atoms with Crippen LogP contribution in [0.2, 0.25) is 5.02 Å². The number of hydrogen-bond donors (Lipinski definition) is 1. The lowest BCUT2D eigenvalue weighted by Gasteiger charge is -2.10. The molecular weight excluding hydrogens is 362 g/mol. The largest absolute Gasteiger partial charge is 0.495 e. The first kappa shape index (κ1) is 19.3. The van der Waals surface area contributed by atoms with Crippen LogP contribution in [0, 0.1) is 6.92 Å². The molecule has 7 heteroatoms. The van der Waals surface area contributed by atoms with Crippen LogP contribution in [0.1, 0.15) is 33.5 Å². The quantitative estimate of drug-likeness (QED) is 0.719. The Kier molecular flexibility index (Phi) is 6.84. The zero-order valence-electron chi connectivity index (χ0n) is 14.3. The molecule has 0 saturated carbocycles. The molecule has 0 aliphatic heterocycles. The van der Waals surface area contributed by atoms with Gasteiger partial charge in [0.15, 0.2) is 6.61 Å². The van der Waals surface area contributed by atoms with E-state index in [1.54, 1.807) is 18.2 Å². The summed E-state index contributed by atoms with van der Waals surface area (Å²) >= 11 is 7.30. The average molecular weight is 382 g/mol. The Balaban J connectivity index is 1.94. The van der Waals surface area contributed by atoms with Gasteiger partial charge in [0.1, 0.15) is 10.6 Å². The van der Waals surface area contributed by atoms with Crippen molar-refractivity contribution in [3.63, 3.8) is 0 Å². The maximum absolute atomic E-state index is 12.1. The van der Waals surface area contributed by atoms with E-state index in [1.165, 1.54) is 18.4 Å². The number of halogens is 1. The molecule has 2 aromatic rings. The second-order valence-corrected chi connectivity index (χ2v) is 7.10. The minimum absolute atomic E-state index is 0.380. The highest BCUT2D eigenvalue weighted by Crippen LogP contribution is 2.27. The molecule has 1 amide bonds. The fourth-order valence-corrected chi connectivity index (χ4v) is 3.44. The molecule has 1 heterocycles. The number of ether oxygens (including phenoxy) is 2. The standard InChI is InChI=1S/C18H20ClNO4S/c1-4-5-12-8-16(25-11(12)2)18(22)24-10-17(21)20-14-9-13(19)6-7-15(14)23-3/h6-9H,4-5,10H2,1-3H3,(H,20,21). The minimum Gasteiger partial charge on any atom is -0.495 e. The van der Waals surface area contributed by atoms with E-state index in [1.807, 2.05) is 13.0 Å². The van der Waals surface area contributed by atoms with Crippen molar-refractivity contribution in [2.75, 3.05) is 19.0 Å². The number of methoxy groups -OCH3 is 1. The van der Waals surface area contributed by atoms with Crippen LogP contribution >= 0.6 is 22.9 Å². The normalized spacial score (nSPS) is 10.4. The van der Waals surface area contributed by atoms with Crippen LogP contribution in [0.4, 0.5) is 5.69 Å². The van der Waals surface area contributed by atoms with Crippen LogP contribution in [-0.2, 0) is 16.0 Å². The zero-order valence-corrected chi connectivity index (χ0v) is 15.9. The molecule has 1 N–H and O–H groups in total. The van der Waals surface area contributed by atoms with Gasteiger partial charge < -0.3 is 14.8 Å². The second kappa shape index (κ2) is 8.87. The van der Waals surface area contributed by atoms with Crippen molar-refractivity contribution in [2.24, 2.45) is 0 Å². The van der Waals surface area contributed by atoms with Gasteiger partial charge in [0.2, 0.25) is 0 Å². The number of anilines is 1. The van der Waals surface area contributed by atoms with Gasteiger partial charge in [0, 0.05) is 9.90 Å². The number of amides is 1. The third-order valence-corrected chi connectivity index (χ3v) is 4.82. The first-order chi connectivity index (χ1) is 11.9. The number of hydrogen-bond acceptors (Lipinski definition) is 5. The summed E-state index contributed by atoms with van der Waals surface area (Å²) in [6.45, 7) is 3.68. The van der Waals surface area contributed by atoms with Crippen LogP contribution in [0.15, 0.2) is 24.3 Å². The van der Waals surface area contributed by atoms with Crippen molar-refractivity contribution in [1.29, 1.82) is 0 Å². The Morgan fingerprint density at radius 1 is 1.28 bits per heavy atom. The molecule has 134 valence electrons. The highest BCUT2D eigenvalue weighted by Gasteiger charge is 2.16. The van der Waals surface area contributed by atoms with Gasteiger partial charge in [-0.1, -0.05) is 24.9 Å². The average Bonchev–Trinajstić information content (AvgIpc) is 2.94. The fourth-order valence-electron chi connectivity index (χ4n) is 2.30. The van der Waals surface area contributed by atoms with E-state index in [4.69, 9.17) is 21.1 Å². The predicted molar refractivity (Wildman–Crippen MR) is 100.0 cm³/mol. The maximum atomic E-state index is 12.1. The van der Waals surface area contributed by atoms with Crippen molar-refractivity contribution in [3.8, 4) is 5.75 Å². The number of benzene rings is 1. The van der Waals surface area contributed by atoms with Gasteiger partial charge in [-0.25, -0.2) is 4.79 Å². The third-order valence-electron chi connectivity index (χ3n) is 3.51. The number of carbonyl (C=O) groups excluding carboxylic acids is 2. The summed E-state index contributed by atoms with van der Waals surface area (Å²) in [6.07, 6.45) is 1.93.